The van der Waals surface area contributed by atoms with Crippen LogP contribution in [0, 0.1) is 5.41 Å². The summed E-state index contributed by atoms with van der Waals surface area (Å²) in [5, 5.41) is 0. The quantitative estimate of drug-likeness (QED) is 0.580. The fraction of sp³-hybridized carbons (Fsp3) is 0.917. The summed E-state index contributed by atoms with van der Waals surface area (Å²) < 4.78 is 5.10. The maximum Gasteiger partial charge on any atom is 0.127 e. The molecule has 0 fully saturated rings. The van der Waals surface area contributed by atoms with Crippen molar-refractivity contribution in [1.29, 1.82) is 0 Å². The Hall–Kier alpha value is -0.410. The van der Waals surface area contributed by atoms with Crippen LogP contribution in [0.15, 0.2) is 0 Å². The third-order valence-electron chi connectivity index (χ3n) is 2.88. The number of nitrogens with zero attached hydrogens (tertiary/aromatic N) is 1. The SMILES string of the molecule is CCCC(C)(C=O)CN(C)C(C)COC. The summed E-state index contributed by atoms with van der Waals surface area (Å²) in [5.74, 6) is 0. The molecule has 0 aromatic carbocycles. The predicted molar refractivity (Wildman–Crippen MR) is 63.0 cm³/mol. The lowest BCUT2D eigenvalue weighted by molar-refractivity contribution is -0.117. The molecule has 2 atom stereocenters. The van der Waals surface area contributed by atoms with Crippen LogP contribution >= 0.6 is 0 Å². The molecule has 3 heteroatoms. The number of hydrogen-bond acceptors (Lipinski definition) is 3. The van der Waals surface area contributed by atoms with Gasteiger partial charge in [0.05, 0.1) is 6.61 Å². The van der Waals surface area contributed by atoms with Crippen LogP contribution in [-0.2, 0) is 9.53 Å². The summed E-state index contributed by atoms with van der Waals surface area (Å²) in [6, 6.07) is 0.353. The minimum Gasteiger partial charge on any atom is -0.383 e. The van der Waals surface area contributed by atoms with Gasteiger partial charge in [0.2, 0.25) is 0 Å². The van der Waals surface area contributed by atoms with Gasteiger partial charge < -0.3 is 14.4 Å². The highest BCUT2D eigenvalue weighted by Crippen LogP contribution is 2.22. The maximum atomic E-state index is 11.1. The monoisotopic (exact) mass is 215 g/mol. The van der Waals surface area contributed by atoms with Gasteiger partial charge in [0.25, 0.3) is 0 Å². The number of carbonyl (C=O) groups is 1. The Morgan fingerprint density at radius 1 is 1.53 bits per heavy atom. The van der Waals surface area contributed by atoms with Gasteiger partial charge >= 0.3 is 0 Å². The van der Waals surface area contributed by atoms with Gasteiger partial charge in [-0.3, -0.25) is 0 Å². The van der Waals surface area contributed by atoms with Gasteiger partial charge in [-0.1, -0.05) is 20.3 Å². The Labute approximate surface area is 93.8 Å². The molecule has 0 aliphatic rings. The Bertz CT molecular complexity index is 184. The molecule has 3 nitrogen and oxygen atoms in total. The first kappa shape index (κ1) is 14.6. The zero-order valence-corrected chi connectivity index (χ0v) is 10.7. The molecule has 0 spiro atoms. The fourth-order valence-electron chi connectivity index (χ4n) is 1.84. The zero-order valence-electron chi connectivity index (χ0n) is 10.7. The first-order valence-electron chi connectivity index (χ1n) is 5.64. The van der Waals surface area contributed by atoms with Crippen molar-refractivity contribution < 1.29 is 9.53 Å². The summed E-state index contributed by atoms with van der Waals surface area (Å²) >= 11 is 0. The number of likely N-dealkylation sites (N-methyl/N-ethyl adjacent to an activating group) is 1. The van der Waals surface area contributed by atoms with Gasteiger partial charge in [0.1, 0.15) is 6.29 Å². The summed E-state index contributed by atoms with van der Waals surface area (Å²) in [6.07, 6.45) is 3.08. The molecule has 0 saturated heterocycles. The average Bonchev–Trinajstić information content (AvgIpc) is 2.18. The van der Waals surface area contributed by atoms with Crippen molar-refractivity contribution in [3.63, 3.8) is 0 Å². The van der Waals surface area contributed by atoms with Gasteiger partial charge in [0, 0.05) is 25.1 Å². The van der Waals surface area contributed by atoms with Gasteiger partial charge in [-0.25, -0.2) is 0 Å². The summed E-state index contributed by atoms with van der Waals surface area (Å²) in [6.45, 7) is 7.76. The van der Waals surface area contributed by atoms with Crippen LogP contribution in [0.25, 0.3) is 0 Å². The van der Waals surface area contributed by atoms with Gasteiger partial charge in [-0.15, -0.1) is 0 Å². The largest absolute Gasteiger partial charge is 0.383 e. The molecule has 0 aliphatic carbocycles. The second kappa shape index (κ2) is 6.96. The molecule has 0 aromatic rings. The van der Waals surface area contributed by atoms with Crippen LogP contribution < -0.4 is 0 Å². The Balaban J connectivity index is 4.21. The van der Waals surface area contributed by atoms with Crippen LogP contribution in [0.3, 0.4) is 0 Å². The van der Waals surface area contributed by atoms with E-state index in [1.165, 1.54) is 0 Å². The Kier molecular flexibility index (Phi) is 6.77. The first-order chi connectivity index (χ1) is 6.99. The highest BCUT2D eigenvalue weighted by molar-refractivity contribution is 5.58. The molecular weight excluding hydrogens is 190 g/mol. The van der Waals surface area contributed by atoms with Crippen molar-refractivity contribution in [2.24, 2.45) is 5.41 Å². The molecule has 0 bridgehead atoms. The molecule has 0 aromatic heterocycles. The number of ether oxygens (including phenoxy) is 1. The summed E-state index contributed by atoms with van der Waals surface area (Å²) in [5.41, 5.74) is -0.217. The molecule has 0 saturated carbocycles. The molecule has 2 unspecified atom stereocenters. The van der Waals surface area contributed by atoms with Gasteiger partial charge in [-0.2, -0.15) is 0 Å². The predicted octanol–water partition coefficient (Wildman–Crippen LogP) is 1.96. The normalized spacial score (nSPS) is 17.5. The van der Waals surface area contributed by atoms with Crippen LogP contribution in [0.1, 0.15) is 33.6 Å². The molecule has 0 radical (unpaired) electrons. The average molecular weight is 215 g/mol. The third-order valence-corrected chi connectivity index (χ3v) is 2.88. The first-order valence-corrected chi connectivity index (χ1v) is 5.64. The molecule has 0 aliphatic heterocycles. The van der Waals surface area contributed by atoms with Crippen LogP contribution in [-0.4, -0.2) is 44.5 Å². The van der Waals surface area contributed by atoms with E-state index in [2.05, 4.69) is 18.7 Å². The molecule has 0 heterocycles. The third kappa shape index (κ3) is 5.28. The van der Waals surface area contributed by atoms with E-state index < -0.39 is 0 Å². The number of rotatable bonds is 8. The van der Waals surface area contributed by atoms with Gasteiger partial charge in [-0.05, 0) is 20.4 Å². The lowest BCUT2D eigenvalue weighted by atomic mass is 9.86. The van der Waals surface area contributed by atoms with E-state index >= 15 is 0 Å². The smallest absolute Gasteiger partial charge is 0.127 e. The Morgan fingerprint density at radius 2 is 2.13 bits per heavy atom. The number of hydrogen-bond donors (Lipinski definition) is 0. The lowest BCUT2D eigenvalue weighted by Gasteiger charge is -2.32. The van der Waals surface area contributed by atoms with Crippen molar-refractivity contribution in [2.75, 3.05) is 27.3 Å². The molecule has 90 valence electrons. The molecular formula is C12H25NO2. The molecule has 0 N–H and O–H groups in total. The highest BCUT2D eigenvalue weighted by atomic mass is 16.5. The van der Waals surface area contributed by atoms with E-state index in [1.807, 2.05) is 14.0 Å². The van der Waals surface area contributed by atoms with Crippen molar-refractivity contribution >= 4 is 6.29 Å². The van der Waals surface area contributed by atoms with Gasteiger partial charge in [0.15, 0.2) is 0 Å². The van der Waals surface area contributed by atoms with Crippen molar-refractivity contribution in [2.45, 2.75) is 39.7 Å². The second-order valence-electron chi connectivity index (χ2n) is 4.74. The van der Waals surface area contributed by atoms with Crippen LogP contribution in [0.4, 0.5) is 0 Å². The lowest BCUT2D eigenvalue weighted by Crippen LogP contribution is -2.41. The zero-order chi connectivity index (χ0) is 11.9. The van der Waals surface area contributed by atoms with E-state index in [-0.39, 0.29) is 5.41 Å². The van der Waals surface area contributed by atoms with E-state index in [9.17, 15) is 4.79 Å². The van der Waals surface area contributed by atoms with Crippen LogP contribution in [0.5, 0.6) is 0 Å². The summed E-state index contributed by atoms with van der Waals surface area (Å²) in [7, 11) is 3.75. The minimum absolute atomic E-state index is 0.217. The van der Waals surface area contributed by atoms with Crippen molar-refractivity contribution in [3.05, 3.63) is 0 Å². The molecule has 0 rings (SSSR count). The number of aldehydes is 1. The van der Waals surface area contributed by atoms with E-state index in [4.69, 9.17) is 4.74 Å². The number of methoxy groups -OCH3 is 1. The number of carbonyl (C=O) groups excluding carboxylic acids is 1. The maximum absolute atomic E-state index is 11.1. The van der Waals surface area contributed by atoms with Crippen molar-refractivity contribution in [3.8, 4) is 0 Å². The topological polar surface area (TPSA) is 29.5 Å². The minimum atomic E-state index is -0.217. The standard InChI is InChI=1S/C12H25NO2/c1-6-7-12(3,10-14)9-13(4)11(2)8-15-5/h10-11H,6-9H2,1-5H3. The Morgan fingerprint density at radius 3 is 2.53 bits per heavy atom. The highest BCUT2D eigenvalue weighted by Gasteiger charge is 2.26. The van der Waals surface area contributed by atoms with E-state index in [1.54, 1.807) is 7.11 Å². The van der Waals surface area contributed by atoms with Crippen molar-refractivity contribution in [1.82, 2.24) is 4.90 Å². The fourth-order valence-corrected chi connectivity index (χ4v) is 1.84. The van der Waals surface area contributed by atoms with Crippen LogP contribution in [0.2, 0.25) is 0 Å². The second-order valence-corrected chi connectivity index (χ2v) is 4.74. The molecule has 0 amide bonds. The van der Waals surface area contributed by atoms with E-state index in [0.29, 0.717) is 12.6 Å². The molecule has 15 heavy (non-hydrogen) atoms. The van der Waals surface area contributed by atoms with E-state index in [0.717, 1.165) is 25.7 Å². The summed E-state index contributed by atoms with van der Waals surface area (Å²) in [4.78, 5) is 13.3.